The minimum absolute atomic E-state index is 0.0178. The van der Waals surface area contributed by atoms with Crippen LogP contribution in [0.15, 0.2) is 124 Å². The molecule has 5 rings (SSSR count). The standard InChI is InChI=1S/C36H30BrCl2N3O6S/c1-46-27-13-15-28(16-14-27)49(44,45)42(22-24-8-4-3-5-9-24)33-11-7-6-10-29(33)36(43)41-40-21-26-18-30(37)35(34(20-26)47-2)48-23-25-12-17-31(38)32(39)19-25/h3-21H,22-23H2,1-2H3,(H,41,43)/b40-21-. The fourth-order valence-corrected chi connectivity index (χ4v) is 7.14. The molecule has 0 aliphatic carbocycles. The highest BCUT2D eigenvalue weighted by Gasteiger charge is 2.29. The van der Waals surface area contributed by atoms with Crippen LogP contribution < -0.4 is 23.9 Å². The number of nitrogens with zero attached hydrogens (tertiary/aromatic N) is 2. The first-order valence-electron chi connectivity index (χ1n) is 14.7. The quantitative estimate of drug-likeness (QED) is 0.0949. The summed E-state index contributed by atoms with van der Waals surface area (Å²) in [6.45, 7) is 0.195. The van der Waals surface area contributed by atoms with E-state index in [-0.39, 0.29) is 29.3 Å². The van der Waals surface area contributed by atoms with Crippen LogP contribution in [-0.2, 0) is 23.2 Å². The van der Waals surface area contributed by atoms with Crippen molar-refractivity contribution < 1.29 is 27.4 Å². The van der Waals surface area contributed by atoms with Crippen molar-refractivity contribution in [3.8, 4) is 17.2 Å². The highest BCUT2D eigenvalue weighted by atomic mass is 79.9. The molecule has 252 valence electrons. The first-order chi connectivity index (χ1) is 23.6. The van der Waals surface area contributed by atoms with Crippen LogP contribution in [0.5, 0.6) is 17.2 Å². The normalized spacial score (nSPS) is 11.3. The Morgan fingerprint density at radius 2 is 1.57 bits per heavy atom. The number of hydrazone groups is 1. The average molecular weight is 784 g/mol. The summed E-state index contributed by atoms with van der Waals surface area (Å²) in [7, 11) is -1.11. The molecule has 1 amide bonds. The molecule has 0 saturated heterocycles. The second-order valence-electron chi connectivity index (χ2n) is 10.5. The SMILES string of the molecule is COc1ccc(S(=O)(=O)N(Cc2ccccc2)c2ccccc2C(=O)N/N=C\c2cc(Br)c(OCc3ccc(Cl)c(Cl)c3)c(OC)c2)cc1. The van der Waals surface area contributed by atoms with Gasteiger partial charge in [-0.25, -0.2) is 13.8 Å². The van der Waals surface area contributed by atoms with Crippen molar-refractivity contribution in [2.45, 2.75) is 18.0 Å². The maximum absolute atomic E-state index is 14.1. The third-order valence-electron chi connectivity index (χ3n) is 7.23. The van der Waals surface area contributed by atoms with Crippen LogP contribution >= 0.6 is 39.1 Å². The molecule has 13 heteroatoms. The second kappa shape index (κ2) is 16.2. The number of nitrogens with one attached hydrogen (secondary N) is 1. The zero-order valence-electron chi connectivity index (χ0n) is 26.3. The number of carbonyl (C=O) groups is 1. The smallest absolute Gasteiger partial charge is 0.273 e. The Morgan fingerprint density at radius 3 is 2.27 bits per heavy atom. The summed E-state index contributed by atoms with van der Waals surface area (Å²) in [4.78, 5) is 13.6. The van der Waals surface area contributed by atoms with E-state index in [0.29, 0.717) is 37.3 Å². The topological polar surface area (TPSA) is 107 Å². The van der Waals surface area contributed by atoms with Crippen molar-refractivity contribution in [2.24, 2.45) is 5.10 Å². The molecule has 0 atom stereocenters. The Bertz CT molecular complexity index is 2080. The van der Waals surface area contributed by atoms with E-state index in [1.807, 2.05) is 36.4 Å². The molecule has 0 aliphatic heterocycles. The highest BCUT2D eigenvalue weighted by Crippen LogP contribution is 2.37. The van der Waals surface area contributed by atoms with E-state index >= 15 is 0 Å². The molecule has 0 fully saturated rings. The summed E-state index contributed by atoms with van der Waals surface area (Å²) in [6, 6.07) is 30.3. The maximum Gasteiger partial charge on any atom is 0.273 e. The number of methoxy groups -OCH3 is 2. The number of hydrogen-bond donors (Lipinski definition) is 1. The Kier molecular flexibility index (Phi) is 11.8. The van der Waals surface area contributed by atoms with Crippen molar-refractivity contribution in [1.29, 1.82) is 0 Å². The minimum atomic E-state index is -4.12. The van der Waals surface area contributed by atoms with Crippen molar-refractivity contribution in [3.63, 3.8) is 0 Å². The lowest BCUT2D eigenvalue weighted by atomic mass is 10.1. The van der Waals surface area contributed by atoms with Crippen LogP contribution in [0.25, 0.3) is 0 Å². The number of sulfonamides is 1. The Labute approximate surface area is 303 Å². The number of halogens is 3. The molecular formula is C36H30BrCl2N3O6S. The molecule has 5 aromatic carbocycles. The van der Waals surface area contributed by atoms with Gasteiger partial charge in [0.1, 0.15) is 12.4 Å². The summed E-state index contributed by atoms with van der Waals surface area (Å²) in [5.41, 5.74) is 4.95. The van der Waals surface area contributed by atoms with Crippen molar-refractivity contribution in [2.75, 3.05) is 18.5 Å². The predicted molar refractivity (Wildman–Crippen MR) is 196 cm³/mol. The zero-order chi connectivity index (χ0) is 35.0. The maximum atomic E-state index is 14.1. The van der Waals surface area contributed by atoms with Gasteiger partial charge in [-0.1, -0.05) is 71.7 Å². The van der Waals surface area contributed by atoms with E-state index in [0.717, 1.165) is 11.1 Å². The molecule has 0 bridgehead atoms. The molecule has 0 heterocycles. The summed E-state index contributed by atoms with van der Waals surface area (Å²) < 4.78 is 46.7. The van der Waals surface area contributed by atoms with Gasteiger partial charge in [0.25, 0.3) is 15.9 Å². The van der Waals surface area contributed by atoms with Gasteiger partial charge in [-0.15, -0.1) is 0 Å². The van der Waals surface area contributed by atoms with Crippen LogP contribution in [0.2, 0.25) is 10.0 Å². The molecule has 0 radical (unpaired) electrons. The third kappa shape index (κ3) is 8.73. The molecule has 0 aromatic heterocycles. The summed E-state index contributed by atoms with van der Waals surface area (Å²) in [5.74, 6) is 0.789. The van der Waals surface area contributed by atoms with E-state index in [4.69, 9.17) is 37.4 Å². The number of benzene rings is 5. The number of amides is 1. The molecule has 1 N–H and O–H groups in total. The number of carbonyl (C=O) groups excluding carboxylic acids is 1. The third-order valence-corrected chi connectivity index (χ3v) is 10.3. The first-order valence-corrected chi connectivity index (χ1v) is 17.7. The van der Waals surface area contributed by atoms with Gasteiger partial charge in [0.2, 0.25) is 0 Å². The number of para-hydroxylation sites is 1. The molecule has 9 nitrogen and oxygen atoms in total. The monoisotopic (exact) mass is 781 g/mol. The fraction of sp³-hybridized carbons (Fsp3) is 0.111. The Morgan fingerprint density at radius 1 is 0.857 bits per heavy atom. The lowest BCUT2D eigenvalue weighted by molar-refractivity contribution is 0.0955. The van der Waals surface area contributed by atoms with E-state index in [1.165, 1.54) is 36.9 Å². The molecule has 0 unspecified atom stereocenters. The lowest BCUT2D eigenvalue weighted by Gasteiger charge is -2.26. The molecular weight excluding hydrogens is 753 g/mol. The van der Waals surface area contributed by atoms with Gasteiger partial charge in [0.05, 0.1) is 57.6 Å². The number of hydrogen-bond acceptors (Lipinski definition) is 7. The second-order valence-corrected chi connectivity index (χ2v) is 14.0. The average Bonchev–Trinajstić information content (AvgIpc) is 3.11. The Balaban J connectivity index is 1.38. The van der Waals surface area contributed by atoms with Crippen molar-refractivity contribution >= 4 is 67.0 Å². The van der Waals surface area contributed by atoms with Crippen LogP contribution in [0.4, 0.5) is 5.69 Å². The van der Waals surface area contributed by atoms with Crippen LogP contribution in [-0.4, -0.2) is 34.8 Å². The summed E-state index contributed by atoms with van der Waals surface area (Å²) >= 11 is 15.7. The van der Waals surface area contributed by atoms with Gasteiger partial charge < -0.3 is 14.2 Å². The van der Waals surface area contributed by atoms with Gasteiger partial charge in [-0.2, -0.15) is 5.10 Å². The van der Waals surface area contributed by atoms with E-state index in [2.05, 4.69) is 26.5 Å². The minimum Gasteiger partial charge on any atom is -0.497 e. The largest absolute Gasteiger partial charge is 0.497 e. The zero-order valence-corrected chi connectivity index (χ0v) is 30.2. The first kappa shape index (κ1) is 35.7. The van der Waals surface area contributed by atoms with Gasteiger partial charge in [-0.05, 0) is 93.3 Å². The van der Waals surface area contributed by atoms with Gasteiger partial charge >= 0.3 is 0 Å². The van der Waals surface area contributed by atoms with Crippen LogP contribution in [0.3, 0.4) is 0 Å². The van der Waals surface area contributed by atoms with Crippen molar-refractivity contribution in [1.82, 2.24) is 5.43 Å². The summed E-state index contributed by atoms with van der Waals surface area (Å²) in [6.07, 6.45) is 1.44. The fourth-order valence-electron chi connectivity index (χ4n) is 4.77. The molecule has 0 aliphatic rings. The van der Waals surface area contributed by atoms with Gasteiger partial charge in [0, 0.05) is 0 Å². The van der Waals surface area contributed by atoms with Gasteiger partial charge in [-0.3, -0.25) is 9.10 Å². The van der Waals surface area contributed by atoms with Crippen LogP contribution in [0.1, 0.15) is 27.0 Å². The molecule has 49 heavy (non-hydrogen) atoms. The number of rotatable bonds is 13. The van der Waals surface area contributed by atoms with E-state index in [9.17, 15) is 13.2 Å². The number of anilines is 1. The predicted octanol–water partition coefficient (Wildman–Crippen LogP) is 8.51. The molecule has 0 saturated carbocycles. The summed E-state index contributed by atoms with van der Waals surface area (Å²) in [5, 5.41) is 5.02. The van der Waals surface area contributed by atoms with E-state index < -0.39 is 15.9 Å². The molecule has 0 spiro atoms. The highest BCUT2D eigenvalue weighted by molar-refractivity contribution is 9.10. The molecule has 5 aromatic rings. The Hall–Kier alpha value is -4.55. The van der Waals surface area contributed by atoms with E-state index in [1.54, 1.807) is 60.7 Å². The number of ether oxygens (including phenoxy) is 3. The van der Waals surface area contributed by atoms with Crippen molar-refractivity contribution in [3.05, 3.63) is 146 Å². The van der Waals surface area contributed by atoms with Crippen LogP contribution in [0, 0.1) is 0 Å². The van der Waals surface area contributed by atoms with Gasteiger partial charge in [0.15, 0.2) is 11.5 Å². The lowest BCUT2D eigenvalue weighted by Crippen LogP contribution is -2.33.